The Morgan fingerprint density at radius 2 is 1.84 bits per heavy atom. The SMILES string of the molecule is COC(=O)C(CC(C)C)NCc1c(C)cccc1C. The molecule has 0 aromatic heterocycles. The van der Waals surface area contributed by atoms with Crippen LogP contribution in [-0.2, 0) is 16.1 Å². The van der Waals surface area contributed by atoms with Gasteiger partial charge in [-0.05, 0) is 42.9 Å². The van der Waals surface area contributed by atoms with E-state index >= 15 is 0 Å². The summed E-state index contributed by atoms with van der Waals surface area (Å²) in [5.74, 6) is 0.273. The second-order valence-electron chi connectivity index (χ2n) is 5.46. The lowest BCUT2D eigenvalue weighted by Crippen LogP contribution is -2.38. The normalized spacial score (nSPS) is 12.5. The maximum absolute atomic E-state index is 11.8. The van der Waals surface area contributed by atoms with E-state index in [9.17, 15) is 4.79 Å². The fraction of sp³-hybridized carbons (Fsp3) is 0.562. The number of carbonyl (C=O) groups is 1. The summed E-state index contributed by atoms with van der Waals surface area (Å²) in [7, 11) is 1.44. The Kier molecular flexibility index (Phi) is 6.03. The van der Waals surface area contributed by atoms with Crippen LogP contribution in [0.25, 0.3) is 0 Å². The molecule has 0 radical (unpaired) electrons. The van der Waals surface area contributed by atoms with Crippen LogP contribution in [-0.4, -0.2) is 19.1 Å². The van der Waals surface area contributed by atoms with Gasteiger partial charge in [-0.2, -0.15) is 0 Å². The van der Waals surface area contributed by atoms with Crippen LogP contribution < -0.4 is 5.32 Å². The third-order valence-corrected chi connectivity index (χ3v) is 3.36. The topological polar surface area (TPSA) is 38.3 Å². The number of aryl methyl sites for hydroxylation is 2. The van der Waals surface area contributed by atoms with E-state index in [-0.39, 0.29) is 12.0 Å². The maximum Gasteiger partial charge on any atom is 0.322 e. The number of benzene rings is 1. The Balaban J connectivity index is 2.73. The molecule has 0 bridgehead atoms. The minimum Gasteiger partial charge on any atom is -0.468 e. The molecular weight excluding hydrogens is 238 g/mol. The molecule has 106 valence electrons. The number of hydrogen-bond acceptors (Lipinski definition) is 3. The van der Waals surface area contributed by atoms with Gasteiger partial charge in [-0.25, -0.2) is 0 Å². The molecule has 0 amide bonds. The van der Waals surface area contributed by atoms with Gasteiger partial charge in [0.1, 0.15) is 6.04 Å². The molecular formula is C16H25NO2. The van der Waals surface area contributed by atoms with E-state index in [2.05, 4.69) is 51.2 Å². The second-order valence-corrected chi connectivity index (χ2v) is 5.46. The number of rotatable bonds is 6. The van der Waals surface area contributed by atoms with Crippen LogP contribution in [0.5, 0.6) is 0 Å². The summed E-state index contributed by atoms with van der Waals surface area (Å²) in [6, 6.07) is 6.02. The van der Waals surface area contributed by atoms with Crippen LogP contribution in [0.2, 0.25) is 0 Å². The molecule has 0 aliphatic rings. The third kappa shape index (κ3) is 4.67. The highest BCUT2D eigenvalue weighted by atomic mass is 16.5. The van der Waals surface area contributed by atoms with E-state index in [1.165, 1.54) is 23.8 Å². The smallest absolute Gasteiger partial charge is 0.322 e. The van der Waals surface area contributed by atoms with Crippen LogP contribution in [0.4, 0.5) is 0 Å². The third-order valence-electron chi connectivity index (χ3n) is 3.36. The monoisotopic (exact) mass is 263 g/mol. The minimum atomic E-state index is -0.232. The number of carbonyl (C=O) groups excluding carboxylic acids is 1. The Morgan fingerprint density at radius 1 is 1.26 bits per heavy atom. The summed E-state index contributed by atoms with van der Waals surface area (Å²) in [6.45, 7) is 9.11. The number of esters is 1. The van der Waals surface area contributed by atoms with E-state index in [0.29, 0.717) is 12.5 Å². The van der Waals surface area contributed by atoms with Gasteiger partial charge in [0.25, 0.3) is 0 Å². The number of methoxy groups -OCH3 is 1. The van der Waals surface area contributed by atoms with Gasteiger partial charge in [0, 0.05) is 6.54 Å². The first-order chi connectivity index (χ1) is 8.95. The first kappa shape index (κ1) is 15.7. The number of ether oxygens (including phenoxy) is 1. The molecule has 3 heteroatoms. The lowest BCUT2D eigenvalue weighted by atomic mass is 10.0. The Morgan fingerprint density at radius 3 is 2.32 bits per heavy atom. The maximum atomic E-state index is 11.8. The lowest BCUT2D eigenvalue weighted by Gasteiger charge is -2.19. The lowest BCUT2D eigenvalue weighted by molar-refractivity contribution is -0.143. The molecule has 1 unspecified atom stereocenters. The molecule has 1 aromatic rings. The van der Waals surface area contributed by atoms with Gasteiger partial charge in [0.15, 0.2) is 0 Å². The summed E-state index contributed by atoms with van der Waals surface area (Å²) in [4.78, 5) is 11.8. The van der Waals surface area contributed by atoms with Crippen molar-refractivity contribution in [2.45, 2.75) is 46.7 Å². The van der Waals surface area contributed by atoms with Crippen molar-refractivity contribution in [3.05, 3.63) is 34.9 Å². The standard InChI is InChI=1S/C16H25NO2/c1-11(2)9-15(16(18)19-5)17-10-14-12(3)7-6-8-13(14)4/h6-8,11,15,17H,9-10H2,1-5H3. The van der Waals surface area contributed by atoms with E-state index in [4.69, 9.17) is 4.74 Å². The van der Waals surface area contributed by atoms with Crippen LogP contribution in [0.15, 0.2) is 18.2 Å². The summed E-state index contributed by atoms with van der Waals surface area (Å²) in [5, 5.41) is 3.33. The largest absolute Gasteiger partial charge is 0.468 e. The Hall–Kier alpha value is -1.35. The molecule has 3 nitrogen and oxygen atoms in total. The van der Waals surface area contributed by atoms with Gasteiger partial charge in [0.05, 0.1) is 7.11 Å². The molecule has 0 spiro atoms. The predicted octanol–water partition coefficient (Wildman–Crippen LogP) is 2.98. The molecule has 0 saturated heterocycles. The van der Waals surface area contributed by atoms with Crippen molar-refractivity contribution < 1.29 is 9.53 Å². The van der Waals surface area contributed by atoms with Gasteiger partial charge in [-0.15, -0.1) is 0 Å². The number of nitrogens with one attached hydrogen (secondary N) is 1. The minimum absolute atomic E-state index is 0.181. The molecule has 0 aliphatic heterocycles. The van der Waals surface area contributed by atoms with Crippen molar-refractivity contribution in [3.8, 4) is 0 Å². The van der Waals surface area contributed by atoms with Gasteiger partial charge >= 0.3 is 5.97 Å². The first-order valence-electron chi connectivity index (χ1n) is 6.82. The van der Waals surface area contributed by atoms with Crippen molar-refractivity contribution >= 4 is 5.97 Å². The summed E-state index contributed by atoms with van der Waals surface area (Å²) >= 11 is 0. The quantitative estimate of drug-likeness (QED) is 0.802. The molecule has 0 heterocycles. The molecule has 1 N–H and O–H groups in total. The second kappa shape index (κ2) is 7.29. The van der Waals surface area contributed by atoms with Crippen LogP contribution in [0.1, 0.15) is 37.0 Å². The van der Waals surface area contributed by atoms with E-state index in [0.717, 1.165) is 6.42 Å². The average molecular weight is 263 g/mol. The summed E-state index contributed by atoms with van der Waals surface area (Å²) in [6.07, 6.45) is 0.789. The molecule has 19 heavy (non-hydrogen) atoms. The molecule has 1 aromatic carbocycles. The van der Waals surface area contributed by atoms with Crippen LogP contribution in [0, 0.1) is 19.8 Å². The van der Waals surface area contributed by atoms with E-state index in [1.807, 2.05) is 0 Å². The summed E-state index contributed by atoms with van der Waals surface area (Å²) < 4.78 is 4.86. The molecule has 1 atom stereocenters. The first-order valence-corrected chi connectivity index (χ1v) is 6.82. The fourth-order valence-corrected chi connectivity index (χ4v) is 2.23. The van der Waals surface area contributed by atoms with Crippen molar-refractivity contribution in [1.82, 2.24) is 5.32 Å². The van der Waals surface area contributed by atoms with Gasteiger partial charge in [-0.3, -0.25) is 4.79 Å². The highest BCUT2D eigenvalue weighted by molar-refractivity contribution is 5.75. The zero-order valence-corrected chi connectivity index (χ0v) is 12.6. The van der Waals surface area contributed by atoms with E-state index in [1.54, 1.807) is 0 Å². The highest BCUT2D eigenvalue weighted by Crippen LogP contribution is 2.14. The van der Waals surface area contributed by atoms with Crippen molar-refractivity contribution in [1.29, 1.82) is 0 Å². The zero-order valence-electron chi connectivity index (χ0n) is 12.6. The van der Waals surface area contributed by atoms with Gasteiger partial charge < -0.3 is 10.1 Å². The molecule has 1 rings (SSSR count). The van der Waals surface area contributed by atoms with Crippen LogP contribution in [0.3, 0.4) is 0 Å². The predicted molar refractivity (Wildman–Crippen MR) is 78.0 cm³/mol. The molecule has 0 saturated carbocycles. The Bertz CT molecular complexity index is 407. The van der Waals surface area contributed by atoms with E-state index < -0.39 is 0 Å². The van der Waals surface area contributed by atoms with Crippen molar-refractivity contribution in [2.75, 3.05) is 7.11 Å². The van der Waals surface area contributed by atoms with Gasteiger partial charge in [0.2, 0.25) is 0 Å². The Labute approximate surface area is 116 Å². The van der Waals surface area contributed by atoms with Crippen molar-refractivity contribution in [3.63, 3.8) is 0 Å². The highest BCUT2D eigenvalue weighted by Gasteiger charge is 2.20. The fourth-order valence-electron chi connectivity index (χ4n) is 2.23. The van der Waals surface area contributed by atoms with Crippen molar-refractivity contribution in [2.24, 2.45) is 5.92 Å². The summed E-state index contributed by atoms with van der Waals surface area (Å²) in [5.41, 5.74) is 3.77. The molecule has 0 aliphatic carbocycles. The van der Waals surface area contributed by atoms with Crippen LogP contribution >= 0.6 is 0 Å². The number of hydrogen-bond donors (Lipinski definition) is 1. The zero-order chi connectivity index (χ0) is 14.4. The van der Waals surface area contributed by atoms with Gasteiger partial charge in [-0.1, -0.05) is 32.0 Å². The molecule has 0 fully saturated rings. The average Bonchev–Trinajstić information content (AvgIpc) is 2.35.